The number of nitrogens with zero attached hydrogens (tertiary/aromatic N) is 1. The SMILES string of the molecule is COCCCNC(=O)C(C)NC(C)(C)c1nccs1. The normalized spacial score (nSPS) is 13.3. The van der Waals surface area contributed by atoms with Gasteiger partial charge in [0.2, 0.25) is 5.91 Å². The van der Waals surface area contributed by atoms with Crippen molar-refractivity contribution in [3.05, 3.63) is 16.6 Å². The standard InChI is InChI=1S/C13H23N3O2S/c1-10(11(17)14-6-5-8-18-4)16-13(2,3)12-15-7-9-19-12/h7,9-10,16H,5-6,8H2,1-4H3,(H,14,17). The molecular weight excluding hydrogens is 262 g/mol. The third-order valence-corrected chi connectivity index (χ3v) is 3.86. The number of nitrogens with one attached hydrogen (secondary N) is 2. The first-order chi connectivity index (χ1) is 8.97. The van der Waals surface area contributed by atoms with Gasteiger partial charge in [-0.3, -0.25) is 10.1 Å². The molecule has 1 heterocycles. The number of ether oxygens (including phenoxy) is 1. The van der Waals surface area contributed by atoms with Crippen LogP contribution in [0.25, 0.3) is 0 Å². The van der Waals surface area contributed by atoms with Gasteiger partial charge in [0.15, 0.2) is 0 Å². The Morgan fingerprint density at radius 3 is 2.89 bits per heavy atom. The molecule has 0 saturated heterocycles. The van der Waals surface area contributed by atoms with Crippen LogP contribution in [-0.4, -0.2) is 37.2 Å². The maximum absolute atomic E-state index is 11.9. The van der Waals surface area contributed by atoms with Crippen molar-refractivity contribution >= 4 is 17.2 Å². The monoisotopic (exact) mass is 285 g/mol. The summed E-state index contributed by atoms with van der Waals surface area (Å²) in [5.41, 5.74) is -0.308. The van der Waals surface area contributed by atoms with Crippen LogP contribution in [-0.2, 0) is 15.1 Å². The van der Waals surface area contributed by atoms with Crippen molar-refractivity contribution in [3.63, 3.8) is 0 Å². The highest BCUT2D eigenvalue weighted by Gasteiger charge is 2.27. The van der Waals surface area contributed by atoms with Gasteiger partial charge < -0.3 is 10.1 Å². The van der Waals surface area contributed by atoms with Crippen molar-refractivity contribution in [2.45, 2.75) is 38.8 Å². The highest BCUT2D eigenvalue weighted by atomic mass is 32.1. The van der Waals surface area contributed by atoms with Crippen LogP contribution in [0, 0.1) is 0 Å². The molecule has 0 bridgehead atoms. The van der Waals surface area contributed by atoms with Crippen LogP contribution in [0.5, 0.6) is 0 Å². The van der Waals surface area contributed by atoms with Gasteiger partial charge in [-0.25, -0.2) is 4.98 Å². The molecular formula is C13H23N3O2S. The van der Waals surface area contributed by atoms with E-state index < -0.39 is 0 Å². The molecule has 0 saturated carbocycles. The van der Waals surface area contributed by atoms with E-state index in [0.717, 1.165) is 11.4 Å². The minimum atomic E-state index is -0.308. The van der Waals surface area contributed by atoms with E-state index in [0.29, 0.717) is 13.2 Å². The Morgan fingerprint density at radius 1 is 1.58 bits per heavy atom. The molecule has 1 unspecified atom stereocenters. The number of methoxy groups -OCH3 is 1. The topological polar surface area (TPSA) is 63.2 Å². The summed E-state index contributed by atoms with van der Waals surface area (Å²) in [6.07, 6.45) is 2.60. The minimum Gasteiger partial charge on any atom is -0.385 e. The number of carbonyl (C=O) groups excluding carboxylic acids is 1. The predicted molar refractivity (Wildman–Crippen MR) is 77.2 cm³/mol. The fraction of sp³-hybridized carbons (Fsp3) is 0.692. The molecule has 0 aliphatic rings. The van der Waals surface area contributed by atoms with E-state index in [1.807, 2.05) is 26.2 Å². The number of amides is 1. The number of thiazole rings is 1. The largest absolute Gasteiger partial charge is 0.385 e. The predicted octanol–water partition coefficient (Wildman–Crippen LogP) is 1.51. The first kappa shape index (κ1) is 16.1. The molecule has 1 atom stereocenters. The molecule has 0 aliphatic carbocycles. The number of hydrogen-bond acceptors (Lipinski definition) is 5. The fourth-order valence-corrected chi connectivity index (χ4v) is 2.51. The lowest BCUT2D eigenvalue weighted by Gasteiger charge is -2.27. The third-order valence-electron chi connectivity index (χ3n) is 2.76. The number of hydrogen-bond donors (Lipinski definition) is 2. The van der Waals surface area contributed by atoms with Crippen molar-refractivity contribution < 1.29 is 9.53 Å². The van der Waals surface area contributed by atoms with Crippen molar-refractivity contribution in [3.8, 4) is 0 Å². The molecule has 0 spiro atoms. The van der Waals surface area contributed by atoms with Crippen LogP contribution < -0.4 is 10.6 Å². The van der Waals surface area contributed by atoms with Crippen LogP contribution in [0.2, 0.25) is 0 Å². The average Bonchev–Trinajstić information content (AvgIpc) is 2.88. The molecule has 1 aromatic heterocycles. The molecule has 0 fully saturated rings. The summed E-state index contributed by atoms with van der Waals surface area (Å²) < 4.78 is 4.94. The molecule has 19 heavy (non-hydrogen) atoms. The van der Waals surface area contributed by atoms with Gasteiger partial charge in [-0.1, -0.05) is 0 Å². The summed E-state index contributed by atoms with van der Waals surface area (Å²) in [4.78, 5) is 16.2. The van der Waals surface area contributed by atoms with Gasteiger partial charge in [-0.15, -0.1) is 11.3 Å². The molecule has 2 N–H and O–H groups in total. The zero-order chi connectivity index (χ0) is 14.3. The van der Waals surface area contributed by atoms with Gasteiger partial charge in [0.25, 0.3) is 0 Å². The fourth-order valence-electron chi connectivity index (χ4n) is 1.78. The second-order valence-corrected chi connectivity index (χ2v) is 5.86. The van der Waals surface area contributed by atoms with Gasteiger partial charge in [0.1, 0.15) is 5.01 Å². The van der Waals surface area contributed by atoms with Crippen LogP contribution in [0.15, 0.2) is 11.6 Å². The molecule has 0 radical (unpaired) electrons. The lowest BCUT2D eigenvalue weighted by molar-refractivity contribution is -0.123. The number of aromatic nitrogens is 1. The van der Waals surface area contributed by atoms with E-state index in [4.69, 9.17) is 4.74 Å². The zero-order valence-electron chi connectivity index (χ0n) is 12.0. The molecule has 1 rings (SSSR count). The van der Waals surface area contributed by atoms with E-state index in [1.54, 1.807) is 24.6 Å². The van der Waals surface area contributed by atoms with E-state index >= 15 is 0 Å². The molecule has 1 aromatic rings. The maximum atomic E-state index is 11.9. The van der Waals surface area contributed by atoms with E-state index in [1.165, 1.54) is 0 Å². The molecule has 108 valence electrons. The first-order valence-corrected chi connectivity index (χ1v) is 7.29. The first-order valence-electron chi connectivity index (χ1n) is 6.41. The summed E-state index contributed by atoms with van der Waals surface area (Å²) >= 11 is 1.59. The quantitative estimate of drug-likeness (QED) is 0.711. The lowest BCUT2D eigenvalue weighted by atomic mass is 10.1. The van der Waals surface area contributed by atoms with Crippen molar-refractivity contribution in [2.24, 2.45) is 0 Å². The Hall–Kier alpha value is -0.980. The van der Waals surface area contributed by atoms with Crippen LogP contribution in [0.1, 0.15) is 32.2 Å². The molecule has 6 heteroatoms. The van der Waals surface area contributed by atoms with E-state index in [2.05, 4.69) is 15.6 Å². The van der Waals surface area contributed by atoms with Gasteiger partial charge in [0, 0.05) is 31.8 Å². The Labute approximate surface area is 118 Å². The van der Waals surface area contributed by atoms with Crippen molar-refractivity contribution in [1.82, 2.24) is 15.6 Å². The highest BCUT2D eigenvalue weighted by molar-refractivity contribution is 7.09. The summed E-state index contributed by atoms with van der Waals surface area (Å²) in [6, 6.07) is -0.263. The molecule has 0 aliphatic heterocycles. The van der Waals surface area contributed by atoms with E-state index in [-0.39, 0.29) is 17.5 Å². The lowest BCUT2D eigenvalue weighted by Crippen LogP contribution is -2.50. The second-order valence-electron chi connectivity index (χ2n) is 4.97. The smallest absolute Gasteiger partial charge is 0.236 e. The van der Waals surface area contributed by atoms with E-state index in [9.17, 15) is 4.79 Å². The Morgan fingerprint density at radius 2 is 2.32 bits per heavy atom. The highest BCUT2D eigenvalue weighted by Crippen LogP contribution is 2.22. The number of rotatable bonds is 8. The summed E-state index contributed by atoms with van der Waals surface area (Å²) in [5, 5.41) is 9.11. The summed E-state index contributed by atoms with van der Waals surface area (Å²) in [6.45, 7) is 7.21. The second kappa shape index (κ2) is 7.57. The zero-order valence-corrected chi connectivity index (χ0v) is 12.8. The Bertz CT molecular complexity index is 379. The Balaban J connectivity index is 2.41. The minimum absolute atomic E-state index is 0.000680. The molecule has 0 aromatic carbocycles. The van der Waals surface area contributed by atoms with Crippen LogP contribution in [0.4, 0.5) is 0 Å². The average molecular weight is 285 g/mol. The van der Waals surface area contributed by atoms with Gasteiger partial charge in [-0.05, 0) is 27.2 Å². The Kier molecular flexibility index (Phi) is 6.41. The van der Waals surface area contributed by atoms with Crippen LogP contribution >= 0.6 is 11.3 Å². The van der Waals surface area contributed by atoms with Gasteiger partial charge in [-0.2, -0.15) is 0 Å². The van der Waals surface area contributed by atoms with Gasteiger partial charge in [0.05, 0.1) is 11.6 Å². The third kappa shape index (κ3) is 5.26. The maximum Gasteiger partial charge on any atom is 0.236 e. The summed E-state index contributed by atoms with van der Waals surface area (Å²) in [5.74, 6) is 0.000680. The van der Waals surface area contributed by atoms with Crippen LogP contribution in [0.3, 0.4) is 0 Å². The number of carbonyl (C=O) groups is 1. The molecule has 5 nitrogen and oxygen atoms in total. The van der Waals surface area contributed by atoms with Crippen molar-refractivity contribution in [1.29, 1.82) is 0 Å². The van der Waals surface area contributed by atoms with Crippen molar-refractivity contribution in [2.75, 3.05) is 20.3 Å². The summed E-state index contributed by atoms with van der Waals surface area (Å²) in [7, 11) is 1.66. The molecule has 1 amide bonds. The van der Waals surface area contributed by atoms with Gasteiger partial charge >= 0.3 is 0 Å².